The molecule has 0 fully saturated rings. The van der Waals surface area contributed by atoms with Crippen LogP contribution in [0.4, 0.5) is 11.4 Å². The summed E-state index contributed by atoms with van der Waals surface area (Å²) in [4.78, 5) is 24.0. The third-order valence-corrected chi connectivity index (χ3v) is 3.66. The summed E-state index contributed by atoms with van der Waals surface area (Å²) in [5, 5.41) is 6.75. The average Bonchev–Trinajstić information content (AvgIpc) is 2.51. The second-order valence-electron chi connectivity index (χ2n) is 4.91. The molecular formula is C15H18BrClN4O3. The van der Waals surface area contributed by atoms with Crippen LogP contribution in [-0.4, -0.2) is 29.4 Å². The number of nitrogens with one attached hydrogen (secondary N) is 1. The summed E-state index contributed by atoms with van der Waals surface area (Å²) < 4.78 is 6.91. The molecule has 2 aromatic rings. The summed E-state index contributed by atoms with van der Waals surface area (Å²) in [7, 11) is 1.53. The lowest BCUT2D eigenvalue weighted by Crippen LogP contribution is -2.27. The van der Waals surface area contributed by atoms with Crippen LogP contribution in [0.2, 0.25) is 0 Å². The molecule has 3 N–H and O–H groups in total. The van der Waals surface area contributed by atoms with Crippen LogP contribution in [-0.2, 0) is 11.3 Å². The van der Waals surface area contributed by atoms with Crippen molar-refractivity contribution >= 4 is 45.6 Å². The Balaban J connectivity index is 0.00000288. The van der Waals surface area contributed by atoms with Crippen LogP contribution >= 0.6 is 28.3 Å². The van der Waals surface area contributed by atoms with Crippen LogP contribution in [0.15, 0.2) is 33.5 Å². The zero-order chi connectivity index (χ0) is 17.0. The van der Waals surface area contributed by atoms with Crippen molar-refractivity contribution in [3.63, 3.8) is 0 Å². The van der Waals surface area contributed by atoms with E-state index >= 15 is 0 Å². The van der Waals surface area contributed by atoms with Gasteiger partial charge in [0.2, 0.25) is 0 Å². The Kier molecular flexibility index (Phi) is 7.40. The smallest absolute Gasteiger partial charge is 0.276 e. The van der Waals surface area contributed by atoms with Crippen LogP contribution in [0.5, 0.6) is 0 Å². The highest BCUT2D eigenvalue weighted by molar-refractivity contribution is 9.10. The number of nitrogens with zero attached hydrogens (tertiary/aromatic N) is 2. The number of nitrogen functional groups attached to an aromatic ring is 1. The standard InChI is InChI=1S/C15H17BrN4O3.ClH/c1-9-7-10(16)8-12(14(9)17)18-15(22)11-3-4-13(21)20(19-11)5-6-23-2;/h3-4,7-8H,5-6,17H2,1-2H3,(H,18,22);1H. The molecule has 24 heavy (non-hydrogen) atoms. The number of hydrogen-bond donors (Lipinski definition) is 2. The largest absolute Gasteiger partial charge is 0.397 e. The van der Waals surface area contributed by atoms with Crippen LogP contribution < -0.4 is 16.6 Å². The summed E-state index contributed by atoms with van der Waals surface area (Å²) in [5.74, 6) is -0.444. The first-order chi connectivity index (χ1) is 10.9. The Hall–Kier alpha value is -1.90. The molecule has 9 heteroatoms. The Labute approximate surface area is 153 Å². The van der Waals surface area contributed by atoms with Gasteiger partial charge in [0.05, 0.1) is 24.5 Å². The second kappa shape index (κ2) is 8.81. The monoisotopic (exact) mass is 416 g/mol. The minimum Gasteiger partial charge on any atom is -0.397 e. The van der Waals surface area contributed by atoms with Gasteiger partial charge in [0, 0.05) is 17.6 Å². The minimum absolute atomic E-state index is 0. The van der Waals surface area contributed by atoms with Crippen LogP contribution in [0, 0.1) is 6.92 Å². The van der Waals surface area contributed by atoms with Crippen LogP contribution in [0.3, 0.4) is 0 Å². The van der Waals surface area contributed by atoms with Gasteiger partial charge in [-0.3, -0.25) is 9.59 Å². The Morgan fingerprint density at radius 1 is 1.42 bits per heavy atom. The molecule has 1 heterocycles. The predicted molar refractivity (Wildman–Crippen MR) is 98.9 cm³/mol. The van der Waals surface area contributed by atoms with Gasteiger partial charge in [0.15, 0.2) is 0 Å². The van der Waals surface area contributed by atoms with E-state index in [0.717, 1.165) is 10.0 Å². The van der Waals surface area contributed by atoms with Crippen molar-refractivity contribution in [2.24, 2.45) is 0 Å². The fourth-order valence-corrected chi connectivity index (χ4v) is 2.52. The van der Waals surface area contributed by atoms with Gasteiger partial charge >= 0.3 is 0 Å². The maximum atomic E-state index is 12.3. The number of carbonyl (C=O) groups is 1. The lowest BCUT2D eigenvalue weighted by atomic mass is 10.1. The number of aryl methyl sites for hydroxylation is 1. The van der Waals surface area contributed by atoms with Gasteiger partial charge in [-0.25, -0.2) is 4.68 Å². The van der Waals surface area contributed by atoms with Gasteiger partial charge in [0.25, 0.3) is 11.5 Å². The van der Waals surface area contributed by atoms with E-state index in [2.05, 4.69) is 26.3 Å². The Morgan fingerprint density at radius 3 is 2.79 bits per heavy atom. The van der Waals surface area contributed by atoms with Crippen molar-refractivity contribution in [3.05, 3.63) is 50.3 Å². The molecule has 0 aliphatic heterocycles. The van der Waals surface area contributed by atoms with Gasteiger partial charge in [-0.05, 0) is 30.7 Å². The molecule has 130 valence electrons. The molecule has 0 radical (unpaired) electrons. The van der Waals surface area contributed by atoms with E-state index < -0.39 is 5.91 Å². The molecule has 0 bridgehead atoms. The summed E-state index contributed by atoms with van der Waals surface area (Å²) in [5.41, 5.74) is 7.60. The van der Waals surface area contributed by atoms with Crippen molar-refractivity contribution in [1.29, 1.82) is 0 Å². The van der Waals surface area contributed by atoms with Crippen molar-refractivity contribution < 1.29 is 9.53 Å². The highest BCUT2D eigenvalue weighted by Gasteiger charge is 2.13. The lowest BCUT2D eigenvalue weighted by Gasteiger charge is -2.11. The molecule has 0 aliphatic carbocycles. The number of halogens is 2. The topological polar surface area (TPSA) is 99.2 Å². The first kappa shape index (κ1) is 20.1. The number of carbonyl (C=O) groups excluding carboxylic acids is 1. The molecule has 0 saturated heterocycles. The zero-order valence-corrected chi connectivity index (χ0v) is 15.6. The molecule has 1 amide bonds. The third-order valence-electron chi connectivity index (χ3n) is 3.21. The van der Waals surface area contributed by atoms with Crippen LogP contribution in [0.25, 0.3) is 0 Å². The molecule has 0 spiro atoms. The molecule has 2 rings (SSSR count). The molecule has 0 aliphatic rings. The van der Waals surface area contributed by atoms with Gasteiger partial charge in [-0.1, -0.05) is 15.9 Å². The van der Waals surface area contributed by atoms with Gasteiger partial charge < -0.3 is 15.8 Å². The first-order valence-electron chi connectivity index (χ1n) is 6.86. The fraction of sp³-hybridized carbons (Fsp3) is 0.267. The van der Waals surface area contributed by atoms with Crippen molar-refractivity contribution in [1.82, 2.24) is 9.78 Å². The van der Waals surface area contributed by atoms with Gasteiger partial charge in [0.1, 0.15) is 5.69 Å². The van der Waals surface area contributed by atoms with E-state index in [-0.39, 0.29) is 30.2 Å². The van der Waals surface area contributed by atoms with Crippen molar-refractivity contribution in [2.45, 2.75) is 13.5 Å². The number of rotatable bonds is 5. The SMILES string of the molecule is COCCn1nc(C(=O)Nc2cc(Br)cc(C)c2N)ccc1=O.Cl. The predicted octanol–water partition coefficient (Wildman–Crippen LogP) is 2.22. The fourth-order valence-electron chi connectivity index (χ4n) is 1.95. The van der Waals surface area contributed by atoms with E-state index in [1.165, 1.54) is 23.9 Å². The number of anilines is 2. The van der Waals surface area contributed by atoms with E-state index in [9.17, 15) is 9.59 Å². The van der Waals surface area contributed by atoms with E-state index in [1.54, 1.807) is 6.07 Å². The van der Waals surface area contributed by atoms with Crippen molar-refractivity contribution in [3.8, 4) is 0 Å². The molecule has 7 nitrogen and oxygen atoms in total. The van der Waals surface area contributed by atoms with E-state index in [4.69, 9.17) is 10.5 Å². The number of aromatic nitrogens is 2. The summed E-state index contributed by atoms with van der Waals surface area (Å²) >= 11 is 3.36. The number of amides is 1. The molecule has 1 aromatic heterocycles. The number of hydrogen-bond acceptors (Lipinski definition) is 5. The number of methoxy groups -OCH3 is 1. The molecule has 0 saturated carbocycles. The number of benzene rings is 1. The highest BCUT2D eigenvalue weighted by atomic mass is 79.9. The minimum atomic E-state index is -0.444. The second-order valence-corrected chi connectivity index (χ2v) is 5.83. The number of nitrogens with two attached hydrogens (primary N) is 1. The van der Waals surface area contributed by atoms with Gasteiger partial charge in [-0.15, -0.1) is 12.4 Å². The number of ether oxygens (including phenoxy) is 1. The van der Waals surface area contributed by atoms with E-state index in [0.29, 0.717) is 18.0 Å². The zero-order valence-electron chi connectivity index (χ0n) is 13.2. The molecular weight excluding hydrogens is 400 g/mol. The third kappa shape index (κ3) is 4.80. The maximum Gasteiger partial charge on any atom is 0.276 e. The van der Waals surface area contributed by atoms with Crippen LogP contribution in [0.1, 0.15) is 16.1 Å². The Bertz CT molecular complexity index is 795. The maximum absolute atomic E-state index is 12.3. The summed E-state index contributed by atoms with van der Waals surface area (Å²) in [6.07, 6.45) is 0. The highest BCUT2D eigenvalue weighted by Crippen LogP contribution is 2.27. The molecule has 0 unspecified atom stereocenters. The summed E-state index contributed by atoms with van der Waals surface area (Å²) in [6, 6.07) is 6.24. The first-order valence-corrected chi connectivity index (χ1v) is 7.65. The average molecular weight is 418 g/mol. The summed E-state index contributed by atoms with van der Waals surface area (Å²) in [6.45, 7) is 2.45. The van der Waals surface area contributed by atoms with Crippen molar-refractivity contribution in [2.75, 3.05) is 24.8 Å². The molecule has 1 aromatic carbocycles. The quantitative estimate of drug-likeness (QED) is 0.727. The molecule has 0 atom stereocenters. The Morgan fingerprint density at radius 2 is 2.12 bits per heavy atom. The lowest BCUT2D eigenvalue weighted by molar-refractivity contribution is 0.101. The van der Waals surface area contributed by atoms with E-state index in [1.807, 2.05) is 13.0 Å². The normalized spacial score (nSPS) is 10.1. The van der Waals surface area contributed by atoms with Gasteiger partial charge in [-0.2, -0.15) is 5.10 Å².